The van der Waals surface area contributed by atoms with E-state index in [-0.39, 0.29) is 42.0 Å². The van der Waals surface area contributed by atoms with Crippen LogP contribution in [0.25, 0.3) is 0 Å². The number of hydrogen-bond acceptors (Lipinski definition) is 6. The van der Waals surface area contributed by atoms with Gasteiger partial charge in [0.05, 0.1) is 23.9 Å². The maximum atomic E-state index is 13.0. The minimum absolute atomic E-state index is 0.0152. The van der Waals surface area contributed by atoms with Crippen LogP contribution in [0.4, 0.5) is 4.79 Å². The van der Waals surface area contributed by atoms with E-state index in [0.29, 0.717) is 34.0 Å². The van der Waals surface area contributed by atoms with Gasteiger partial charge in [0.1, 0.15) is 12.2 Å². The summed E-state index contributed by atoms with van der Waals surface area (Å²) in [5, 5.41) is 14.0. The quantitative estimate of drug-likeness (QED) is 0.365. The number of fused-ring (bicyclic) bond motifs is 4. The number of amides is 1. The summed E-state index contributed by atoms with van der Waals surface area (Å²) in [5.41, 5.74) is 0.297. The zero-order chi connectivity index (χ0) is 31.3. The van der Waals surface area contributed by atoms with Crippen molar-refractivity contribution >= 4 is 6.09 Å². The molecular weight excluding hydrogens is 552 g/mol. The number of carbonyl (C=O) groups excluding carboxylic acids is 1. The fourth-order valence-electron chi connectivity index (χ4n) is 13.5. The van der Waals surface area contributed by atoms with Gasteiger partial charge in [-0.15, -0.1) is 0 Å². The Balaban J connectivity index is 1.10. The standard InChI is InChI=1S/C37H62N2O5/c1-33(2)29-14-12-24-26-18-28-25(11-13-27(43-28)31(42-7)34(3,4)41)35(26,5)15-9-17-36(24)21-37(29,22-36)16-8-10-30(33)44-32(40)38-23-19-39(6)20-23/h23-31,41H,8-22H2,1-7H3,(H,38,40). The molecule has 2 aliphatic heterocycles. The number of methoxy groups -OCH3 is 1. The van der Waals surface area contributed by atoms with Gasteiger partial charge in [-0.25, -0.2) is 4.79 Å². The van der Waals surface area contributed by atoms with E-state index in [1.54, 1.807) is 7.11 Å². The van der Waals surface area contributed by atoms with Crippen LogP contribution >= 0.6 is 0 Å². The number of nitrogens with one attached hydrogen (secondary N) is 1. The predicted octanol–water partition coefficient (Wildman–Crippen LogP) is 6.56. The van der Waals surface area contributed by atoms with Crippen molar-refractivity contribution in [3.63, 3.8) is 0 Å². The Morgan fingerprint density at radius 1 is 0.955 bits per heavy atom. The van der Waals surface area contributed by atoms with Crippen LogP contribution in [0.2, 0.25) is 0 Å². The molecule has 6 aliphatic carbocycles. The summed E-state index contributed by atoms with van der Waals surface area (Å²) in [5.74, 6) is 2.70. The third kappa shape index (κ3) is 4.91. The Kier molecular flexibility index (Phi) is 7.79. The lowest BCUT2D eigenvalue weighted by atomic mass is 9.42. The number of likely N-dealkylation sites (N-methyl/N-ethyl adjacent to an activating group) is 1. The monoisotopic (exact) mass is 614 g/mol. The molecule has 6 saturated carbocycles. The molecule has 9 atom stereocenters. The third-order valence-electron chi connectivity index (χ3n) is 15.1. The molecule has 8 fully saturated rings. The summed E-state index contributed by atoms with van der Waals surface area (Å²) in [6.45, 7) is 13.0. The Labute approximate surface area is 266 Å². The molecule has 7 nitrogen and oxygen atoms in total. The Hall–Kier alpha value is -0.890. The molecule has 2 spiro atoms. The molecule has 250 valence electrons. The van der Waals surface area contributed by atoms with Crippen molar-refractivity contribution in [2.45, 2.75) is 154 Å². The van der Waals surface area contributed by atoms with Gasteiger partial charge >= 0.3 is 6.09 Å². The second-order valence-electron chi connectivity index (χ2n) is 18.4. The first-order valence-electron chi connectivity index (χ1n) is 18.3. The fourth-order valence-corrected chi connectivity index (χ4v) is 13.5. The number of carbonyl (C=O) groups is 1. The summed E-state index contributed by atoms with van der Waals surface area (Å²) < 4.78 is 19.1. The van der Waals surface area contributed by atoms with Crippen LogP contribution in [-0.4, -0.2) is 79.4 Å². The van der Waals surface area contributed by atoms with Crippen LogP contribution in [0.5, 0.6) is 0 Å². The van der Waals surface area contributed by atoms with E-state index in [4.69, 9.17) is 14.2 Å². The van der Waals surface area contributed by atoms with E-state index < -0.39 is 5.60 Å². The van der Waals surface area contributed by atoms with Crippen LogP contribution in [-0.2, 0) is 14.2 Å². The largest absolute Gasteiger partial charge is 0.446 e. The number of likely N-dealkylation sites (tertiary alicyclic amines) is 1. The summed E-state index contributed by atoms with van der Waals surface area (Å²) in [4.78, 5) is 15.2. The smallest absolute Gasteiger partial charge is 0.407 e. The van der Waals surface area contributed by atoms with Gasteiger partial charge in [0.25, 0.3) is 0 Å². The average molecular weight is 615 g/mol. The highest BCUT2D eigenvalue weighted by Crippen LogP contribution is 2.77. The molecular formula is C37H62N2O5. The van der Waals surface area contributed by atoms with Crippen molar-refractivity contribution in [1.29, 1.82) is 0 Å². The van der Waals surface area contributed by atoms with Crippen LogP contribution in [0.1, 0.15) is 118 Å². The molecule has 1 amide bonds. The highest BCUT2D eigenvalue weighted by molar-refractivity contribution is 5.68. The zero-order valence-corrected chi connectivity index (χ0v) is 28.8. The number of hydrogen-bond donors (Lipinski definition) is 2. The lowest BCUT2D eigenvalue weighted by Crippen LogP contribution is -2.58. The van der Waals surface area contributed by atoms with E-state index in [2.05, 4.69) is 38.0 Å². The van der Waals surface area contributed by atoms with Crippen LogP contribution in [0.15, 0.2) is 0 Å². The molecule has 44 heavy (non-hydrogen) atoms. The molecule has 2 saturated heterocycles. The maximum Gasteiger partial charge on any atom is 0.407 e. The molecule has 2 N–H and O–H groups in total. The van der Waals surface area contributed by atoms with Crippen LogP contribution in [0, 0.1) is 45.3 Å². The first-order valence-corrected chi connectivity index (χ1v) is 18.3. The van der Waals surface area contributed by atoms with Gasteiger partial charge in [0.2, 0.25) is 0 Å². The topological polar surface area (TPSA) is 80.3 Å². The highest BCUT2D eigenvalue weighted by Gasteiger charge is 2.70. The SMILES string of the molecule is COC(C1CCC2C(CC3C4CCC5C6(CCCC(OC(=O)NC7CN(C)C7)C5(C)C)CC4(CCCC23C)C6)O1)C(C)(C)O. The average Bonchev–Trinajstić information content (AvgIpc) is 3.02. The normalized spacial score (nSPS) is 47.6. The number of nitrogens with zero attached hydrogens (tertiary/aromatic N) is 1. The molecule has 0 aromatic heterocycles. The molecule has 0 aromatic carbocycles. The van der Waals surface area contributed by atoms with Crippen molar-refractivity contribution in [3.8, 4) is 0 Å². The second kappa shape index (κ2) is 10.8. The maximum absolute atomic E-state index is 13.0. The first kappa shape index (κ1) is 31.7. The van der Waals surface area contributed by atoms with Crippen molar-refractivity contribution in [1.82, 2.24) is 10.2 Å². The van der Waals surface area contributed by atoms with Crippen LogP contribution in [0.3, 0.4) is 0 Å². The van der Waals surface area contributed by atoms with E-state index in [1.807, 2.05) is 13.8 Å². The van der Waals surface area contributed by atoms with Crippen molar-refractivity contribution in [3.05, 3.63) is 0 Å². The van der Waals surface area contributed by atoms with Gasteiger partial charge in [0, 0.05) is 25.6 Å². The van der Waals surface area contributed by atoms with E-state index in [1.165, 1.54) is 70.6 Å². The molecule has 0 radical (unpaired) electrons. The first-order chi connectivity index (χ1) is 20.7. The molecule has 8 rings (SSSR count). The number of alkyl carbamates (subject to hydrolysis) is 1. The third-order valence-corrected chi connectivity index (χ3v) is 15.1. The molecule has 0 aromatic rings. The highest BCUT2D eigenvalue weighted by atomic mass is 16.6. The minimum atomic E-state index is -0.914. The second-order valence-corrected chi connectivity index (χ2v) is 18.4. The van der Waals surface area contributed by atoms with Gasteiger partial charge < -0.3 is 29.5 Å². The van der Waals surface area contributed by atoms with E-state index in [0.717, 1.165) is 31.8 Å². The Morgan fingerprint density at radius 3 is 2.34 bits per heavy atom. The Morgan fingerprint density at radius 2 is 1.66 bits per heavy atom. The number of rotatable bonds is 5. The molecule has 2 bridgehead atoms. The number of ether oxygens (including phenoxy) is 3. The summed E-state index contributed by atoms with van der Waals surface area (Å²) in [6, 6.07) is 0.225. The van der Waals surface area contributed by atoms with Gasteiger partial charge in [-0.2, -0.15) is 0 Å². The summed E-state index contributed by atoms with van der Waals surface area (Å²) in [7, 11) is 3.81. The molecule has 8 aliphatic rings. The van der Waals surface area contributed by atoms with Gasteiger partial charge in [-0.05, 0) is 138 Å². The minimum Gasteiger partial charge on any atom is -0.446 e. The lowest BCUT2D eigenvalue weighted by Gasteiger charge is -2.63. The summed E-state index contributed by atoms with van der Waals surface area (Å²) in [6.07, 6.45) is 16.0. The Bertz CT molecular complexity index is 1090. The van der Waals surface area contributed by atoms with Gasteiger partial charge in [0.15, 0.2) is 0 Å². The fraction of sp³-hybridized carbons (Fsp3) is 0.973. The van der Waals surface area contributed by atoms with Gasteiger partial charge in [-0.1, -0.05) is 27.2 Å². The van der Waals surface area contributed by atoms with E-state index in [9.17, 15) is 9.90 Å². The zero-order valence-electron chi connectivity index (χ0n) is 28.8. The predicted molar refractivity (Wildman–Crippen MR) is 171 cm³/mol. The lowest BCUT2D eigenvalue weighted by molar-refractivity contribution is -0.185. The van der Waals surface area contributed by atoms with Crippen LogP contribution < -0.4 is 5.32 Å². The van der Waals surface area contributed by atoms with Gasteiger partial charge in [-0.3, -0.25) is 0 Å². The molecule has 9 unspecified atom stereocenters. The van der Waals surface area contributed by atoms with Crippen molar-refractivity contribution in [2.24, 2.45) is 45.3 Å². The van der Waals surface area contributed by atoms with Crippen molar-refractivity contribution in [2.75, 3.05) is 27.2 Å². The molecule has 7 heteroatoms. The number of aliphatic hydroxyl groups is 1. The van der Waals surface area contributed by atoms with Crippen molar-refractivity contribution < 1.29 is 24.1 Å². The molecule has 2 heterocycles. The van der Waals surface area contributed by atoms with E-state index >= 15 is 0 Å². The summed E-state index contributed by atoms with van der Waals surface area (Å²) >= 11 is 0.